The van der Waals surface area contributed by atoms with Gasteiger partial charge in [-0.25, -0.2) is 4.79 Å². The minimum Gasteiger partial charge on any atom is -0.493 e. The van der Waals surface area contributed by atoms with Crippen molar-refractivity contribution in [3.8, 4) is 11.5 Å². The van der Waals surface area contributed by atoms with Crippen LogP contribution in [0, 0.1) is 5.92 Å². The van der Waals surface area contributed by atoms with Gasteiger partial charge in [0.25, 0.3) is 0 Å². The Kier molecular flexibility index (Phi) is 10.1. The molecule has 1 aliphatic carbocycles. The van der Waals surface area contributed by atoms with Crippen LogP contribution in [-0.2, 0) is 27.1 Å². The van der Waals surface area contributed by atoms with Crippen LogP contribution < -0.4 is 9.47 Å². The Balaban J connectivity index is 1.64. The molecule has 0 heterocycles. The van der Waals surface area contributed by atoms with Gasteiger partial charge in [0.2, 0.25) is 0 Å². The summed E-state index contributed by atoms with van der Waals surface area (Å²) in [5, 5.41) is 0.713. The van der Waals surface area contributed by atoms with E-state index >= 15 is 0 Å². The SMILES string of the molecule is COc1ccc(CCN(C)CC[C@@](OC)(C(=O)O[C@H]2CCCc3cc(Cl)ccc32)C(C)C)cc1OC. The lowest BCUT2D eigenvalue weighted by Gasteiger charge is -2.37. The van der Waals surface area contributed by atoms with E-state index in [-0.39, 0.29) is 18.0 Å². The minimum atomic E-state index is -1.01. The van der Waals surface area contributed by atoms with Crippen molar-refractivity contribution in [1.82, 2.24) is 4.90 Å². The summed E-state index contributed by atoms with van der Waals surface area (Å²) in [6.07, 6.45) is 3.85. The standard InChI is InChI=1S/C29H40ClNO5/c1-20(2)29(35-6,28(32)36-25-9-7-8-22-19-23(30)11-12-24(22)25)15-17-31(3)16-14-21-10-13-26(33-4)27(18-21)34-5/h10-13,18-20,25H,7-9,14-17H2,1-6H3/t25-,29-/m0/s1. The van der Waals surface area contributed by atoms with Crippen molar-refractivity contribution in [2.75, 3.05) is 41.5 Å². The number of carbonyl (C=O) groups excluding carboxylic acids is 1. The van der Waals surface area contributed by atoms with Crippen LogP contribution >= 0.6 is 11.6 Å². The van der Waals surface area contributed by atoms with Crippen LogP contribution in [-0.4, -0.2) is 57.9 Å². The highest BCUT2D eigenvalue weighted by Gasteiger charge is 2.44. The monoisotopic (exact) mass is 517 g/mol. The molecule has 0 aromatic heterocycles. The average molecular weight is 518 g/mol. The van der Waals surface area contributed by atoms with Gasteiger partial charge >= 0.3 is 5.97 Å². The Hall–Kier alpha value is -2.28. The van der Waals surface area contributed by atoms with Crippen molar-refractivity contribution in [2.24, 2.45) is 5.92 Å². The Morgan fingerprint density at radius 1 is 1.08 bits per heavy atom. The highest BCUT2D eigenvalue weighted by Crippen LogP contribution is 2.37. The number of nitrogens with zero attached hydrogens (tertiary/aromatic N) is 1. The summed E-state index contributed by atoms with van der Waals surface area (Å²) in [5.74, 6) is 1.12. The van der Waals surface area contributed by atoms with Crippen molar-refractivity contribution < 1.29 is 23.7 Å². The third-order valence-corrected chi connectivity index (χ3v) is 7.59. The molecular formula is C29H40ClNO5. The normalized spacial score (nSPS) is 17.0. The topological polar surface area (TPSA) is 57.2 Å². The van der Waals surface area contributed by atoms with E-state index < -0.39 is 5.60 Å². The lowest BCUT2D eigenvalue weighted by Crippen LogP contribution is -2.49. The molecule has 6 nitrogen and oxygen atoms in total. The molecule has 0 saturated heterocycles. The van der Waals surface area contributed by atoms with Gasteiger partial charge in [-0.3, -0.25) is 0 Å². The molecule has 36 heavy (non-hydrogen) atoms. The number of likely N-dealkylation sites (N-methyl/N-ethyl adjacent to an activating group) is 1. The van der Waals surface area contributed by atoms with Gasteiger partial charge in [0, 0.05) is 31.6 Å². The van der Waals surface area contributed by atoms with E-state index in [0.29, 0.717) is 18.0 Å². The van der Waals surface area contributed by atoms with E-state index in [1.54, 1.807) is 21.3 Å². The summed E-state index contributed by atoms with van der Waals surface area (Å²) in [7, 11) is 6.95. The molecule has 0 spiro atoms. The molecule has 0 radical (unpaired) electrons. The smallest absolute Gasteiger partial charge is 0.339 e. The van der Waals surface area contributed by atoms with Gasteiger partial charge in [0.15, 0.2) is 17.1 Å². The molecule has 1 aliphatic rings. The minimum absolute atomic E-state index is 0.0393. The molecule has 2 aromatic carbocycles. The summed E-state index contributed by atoms with van der Waals surface area (Å²) in [4.78, 5) is 15.8. The summed E-state index contributed by atoms with van der Waals surface area (Å²) < 4.78 is 22.8. The zero-order valence-electron chi connectivity index (χ0n) is 22.4. The number of carbonyl (C=O) groups is 1. The van der Waals surface area contributed by atoms with E-state index in [0.717, 1.165) is 60.4 Å². The number of benzene rings is 2. The molecule has 0 fully saturated rings. The molecule has 2 atom stereocenters. The summed E-state index contributed by atoms with van der Waals surface area (Å²) >= 11 is 6.19. The second kappa shape index (κ2) is 12.8. The van der Waals surface area contributed by atoms with Gasteiger partial charge in [0.05, 0.1) is 14.2 Å². The number of aryl methyl sites for hydroxylation is 1. The number of hydrogen-bond donors (Lipinski definition) is 0. The third-order valence-electron chi connectivity index (χ3n) is 7.35. The highest BCUT2D eigenvalue weighted by molar-refractivity contribution is 6.30. The molecule has 198 valence electrons. The van der Waals surface area contributed by atoms with Crippen LogP contribution in [0.2, 0.25) is 5.02 Å². The quantitative estimate of drug-likeness (QED) is 0.327. The van der Waals surface area contributed by atoms with Crippen LogP contribution in [0.15, 0.2) is 36.4 Å². The summed E-state index contributed by atoms with van der Waals surface area (Å²) in [5.41, 5.74) is 2.37. The van der Waals surface area contributed by atoms with Crippen molar-refractivity contribution in [1.29, 1.82) is 0 Å². The maximum Gasteiger partial charge on any atom is 0.339 e. The Morgan fingerprint density at radius 2 is 1.83 bits per heavy atom. The molecule has 0 unspecified atom stereocenters. The molecule has 2 aromatic rings. The number of fused-ring (bicyclic) bond motifs is 1. The van der Waals surface area contributed by atoms with E-state index in [1.807, 2.05) is 44.2 Å². The summed E-state index contributed by atoms with van der Waals surface area (Å²) in [6.45, 7) is 5.57. The second-order valence-electron chi connectivity index (χ2n) is 9.87. The predicted molar refractivity (Wildman–Crippen MR) is 143 cm³/mol. The molecule has 0 amide bonds. The van der Waals surface area contributed by atoms with E-state index in [4.69, 9.17) is 30.5 Å². The van der Waals surface area contributed by atoms with Crippen LogP contribution in [0.5, 0.6) is 11.5 Å². The van der Waals surface area contributed by atoms with Crippen LogP contribution in [0.25, 0.3) is 0 Å². The van der Waals surface area contributed by atoms with Gasteiger partial charge in [-0.15, -0.1) is 0 Å². The van der Waals surface area contributed by atoms with Gasteiger partial charge < -0.3 is 23.8 Å². The molecule has 0 aliphatic heterocycles. The van der Waals surface area contributed by atoms with E-state index in [1.165, 1.54) is 0 Å². The first kappa shape index (κ1) is 28.3. The summed E-state index contributed by atoms with van der Waals surface area (Å²) in [6, 6.07) is 11.8. The first-order chi connectivity index (χ1) is 17.2. The highest BCUT2D eigenvalue weighted by atomic mass is 35.5. The number of esters is 1. The van der Waals surface area contributed by atoms with Crippen LogP contribution in [0.1, 0.15) is 55.9 Å². The van der Waals surface area contributed by atoms with Crippen molar-refractivity contribution in [3.05, 3.63) is 58.1 Å². The molecule has 7 heteroatoms. The third kappa shape index (κ3) is 6.53. The van der Waals surface area contributed by atoms with Gasteiger partial charge in [-0.1, -0.05) is 37.6 Å². The van der Waals surface area contributed by atoms with E-state index in [2.05, 4.69) is 18.0 Å². The lowest BCUT2D eigenvalue weighted by molar-refractivity contribution is -0.183. The largest absolute Gasteiger partial charge is 0.493 e. The van der Waals surface area contributed by atoms with Gasteiger partial charge in [-0.2, -0.15) is 0 Å². The average Bonchev–Trinajstić information content (AvgIpc) is 2.87. The molecule has 3 rings (SSSR count). The number of halogens is 1. The van der Waals surface area contributed by atoms with Crippen molar-refractivity contribution in [2.45, 2.75) is 57.7 Å². The van der Waals surface area contributed by atoms with Crippen LogP contribution in [0.4, 0.5) is 0 Å². The number of ether oxygens (including phenoxy) is 4. The Labute approximate surface area is 220 Å². The fourth-order valence-corrected chi connectivity index (χ4v) is 5.16. The zero-order valence-corrected chi connectivity index (χ0v) is 23.2. The van der Waals surface area contributed by atoms with E-state index in [9.17, 15) is 4.79 Å². The number of rotatable bonds is 12. The fraction of sp³-hybridized carbons (Fsp3) is 0.552. The Morgan fingerprint density at radius 3 is 2.50 bits per heavy atom. The predicted octanol–water partition coefficient (Wildman–Crippen LogP) is 5.88. The molecule has 0 N–H and O–H groups in total. The molecule has 0 bridgehead atoms. The maximum absolute atomic E-state index is 13.6. The Bertz CT molecular complexity index is 1030. The van der Waals surface area contributed by atoms with Crippen LogP contribution in [0.3, 0.4) is 0 Å². The second-order valence-corrected chi connectivity index (χ2v) is 10.3. The maximum atomic E-state index is 13.6. The van der Waals surface area contributed by atoms with Gasteiger partial charge in [-0.05, 0) is 79.6 Å². The van der Waals surface area contributed by atoms with Gasteiger partial charge in [0.1, 0.15) is 6.10 Å². The molecule has 0 saturated carbocycles. The zero-order chi connectivity index (χ0) is 26.3. The molecular weight excluding hydrogens is 478 g/mol. The van der Waals surface area contributed by atoms with Crippen molar-refractivity contribution in [3.63, 3.8) is 0 Å². The number of methoxy groups -OCH3 is 3. The first-order valence-electron chi connectivity index (χ1n) is 12.7. The van der Waals surface area contributed by atoms with Crippen molar-refractivity contribution >= 4 is 17.6 Å². The first-order valence-corrected chi connectivity index (χ1v) is 13.1. The fourth-order valence-electron chi connectivity index (χ4n) is 4.96. The number of hydrogen-bond acceptors (Lipinski definition) is 6. The lowest BCUT2D eigenvalue weighted by atomic mass is 9.85.